The van der Waals surface area contributed by atoms with E-state index in [1.54, 1.807) is 0 Å². The number of allylic oxidation sites excluding steroid dienone is 2. The highest BCUT2D eigenvalue weighted by Crippen LogP contribution is 2.76. The Kier molecular flexibility index (Phi) is 8.94. The van der Waals surface area contributed by atoms with Gasteiger partial charge >= 0.3 is 5.97 Å². The molecule has 0 bridgehead atoms. The van der Waals surface area contributed by atoms with E-state index in [1.165, 1.54) is 5.57 Å². The van der Waals surface area contributed by atoms with Crippen molar-refractivity contribution in [2.45, 2.75) is 149 Å². The summed E-state index contributed by atoms with van der Waals surface area (Å²) in [6.45, 7) is 15.2. The molecule has 0 aromatic rings. The first-order valence-corrected chi connectivity index (χ1v) is 19.3. The molecule has 4 N–H and O–H groups in total. The third-order valence-electron chi connectivity index (χ3n) is 15.3. The number of carbonyl (C=O) groups excluding carboxylic acids is 1. The summed E-state index contributed by atoms with van der Waals surface area (Å²) in [5.74, 6) is -0.0751. The average molecular weight is 698 g/mol. The number of aliphatic hydroxyl groups excluding tert-OH is 4. The first kappa shape index (κ1) is 36.7. The van der Waals surface area contributed by atoms with Crippen LogP contribution in [0.5, 0.6) is 0 Å². The van der Waals surface area contributed by atoms with Gasteiger partial charge in [0.25, 0.3) is 0 Å². The van der Waals surface area contributed by atoms with Gasteiger partial charge in [0.05, 0.1) is 18.1 Å². The normalized spacial score (nSPS) is 49.8. The fourth-order valence-corrected chi connectivity index (χ4v) is 12.9. The van der Waals surface area contributed by atoms with Crippen molar-refractivity contribution in [3.8, 4) is 0 Å². The van der Waals surface area contributed by atoms with Crippen LogP contribution in [-0.4, -0.2) is 82.8 Å². The molecular weight excluding hydrogens is 640 g/mol. The molecule has 1 aliphatic heterocycles. The summed E-state index contributed by atoms with van der Waals surface area (Å²) >= 11 is 0. The van der Waals surface area contributed by atoms with Crippen molar-refractivity contribution in [3.63, 3.8) is 0 Å². The molecule has 4 saturated carbocycles. The predicted octanol–water partition coefficient (Wildman–Crippen LogP) is 3.98. The highest BCUT2D eigenvalue weighted by molar-refractivity contribution is 7.80. The monoisotopic (exact) mass is 697 g/mol. The minimum atomic E-state index is -4.82. The van der Waals surface area contributed by atoms with Gasteiger partial charge in [0.1, 0.15) is 24.4 Å². The van der Waals surface area contributed by atoms with Crippen LogP contribution in [0.4, 0.5) is 0 Å². The second kappa shape index (κ2) is 11.7. The van der Waals surface area contributed by atoms with Gasteiger partial charge in [0, 0.05) is 0 Å². The third kappa shape index (κ3) is 5.37. The van der Waals surface area contributed by atoms with Crippen LogP contribution in [0.3, 0.4) is 0 Å². The van der Waals surface area contributed by atoms with E-state index in [0.717, 1.165) is 44.9 Å². The zero-order valence-electron chi connectivity index (χ0n) is 29.6. The van der Waals surface area contributed by atoms with E-state index in [-0.39, 0.29) is 33.5 Å². The Morgan fingerprint density at radius 3 is 2.23 bits per heavy atom. The van der Waals surface area contributed by atoms with Gasteiger partial charge in [0.2, 0.25) is 16.7 Å². The highest BCUT2D eigenvalue weighted by Gasteiger charge is 2.70. The van der Waals surface area contributed by atoms with Crippen molar-refractivity contribution in [1.82, 2.24) is 0 Å². The summed E-state index contributed by atoms with van der Waals surface area (Å²) in [4.78, 5) is 14.4. The van der Waals surface area contributed by atoms with Crippen molar-refractivity contribution >= 4 is 16.4 Å². The summed E-state index contributed by atoms with van der Waals surface area (Å²) < 4.78 is 51.6. The van der Waals surface area contributed by atoms with Crippen LogP contribution < -0.4 is 0 Å². The summed E-state index contributed by atoms with van der Waals surface area (Å²) in [5.41, 5.74) is -0.442. The number of hydrogen-bond donors (Lipinski definition) is 4. The topological polar surface area (TPSA) is 183 Å². The van der Waals surface area contributed by atoms with Gasteiger partial charge in [-0.25, -0.2) is 8.42 Å². The number of hydrogen-bond acceptors (Lipinski definition) is 11. The second-order valence-electron chi connectivity index (χ2n) is 18.3. The molecule has 1 saturated heterocycles. The summed E-state index contributed by atoms with van der Waals surface area (Å²) in [5, 5.41) is 41.0. The number of rotatable bonds is 5. The molecule has 0 amide bonds. The van der Waals surface area contributed by atoms with E-state index in [4.69, 9.17) is 13.7 Å². The van der Waals surface area contributed by atoms with Gasteiger partial charge in [-0.15, -0.1) is 0 Å². The predicted molar refractivity (Wildman–Crippen MR) is 173 cm³/mol. The molecule has 12 heteroatoms. The maximum absolute atomic E-state index is 14.4. The summed E-state index contributed by atoms with van der Waals surface area (Å²) in [7, 11) is -4.82. The van der Waals surface area contributed by atoms with E-state index in [9.17, 15) is 38.2 Å². The number of fused-ring (bicyclic) bond motifs is 7. The maximum Gasteiger partial charge on any atom is 0.315 e. The molecule has 0 unspecified atom stereocenters. The Hall–Kier alpha value is -1.12. The first-order chi connectivity index (χ1) is 22.1. The molecule has 1 heterocycles. The Morgan fingerprint density at radius 2 is 1.58 bits per heavy atom. The Balaban J connectivity index is 1.33. The lowest BCUT2D eigenvalue weighted by molar-refractivity contribution is -0.297. The van der Waals surface area contributed by atoms with Crippen molar-refractivity contribution < 1.29 is 51.8 Å². The smallest absolute Gasteiger partial charge is 0.315 e. The second-order valence-corrected chi connectivity index (χ2v) is 19.3. The molecule has 0 radical (unpaired) electrons. The molecule has 0 aromatic carbocycles. The molecule has 6 aliphatic rings. The SMILES string of the molecule is CC1(C)CC[C@]2(C(=O)O[C@@H]3O[C@H](CO)[C@@H](O)[C@H](O)[C@H]3O)CC[C@]3(C)C(=CC[C@@H]4[C@@]5(C)CC[C@H](OS(=O)(=O)[O-])C(C)(C)[C@@H]5CC[C@]43C)[C@@H]2C1. The third-order valence-corrected chi connectivity index (χ3v) is 15.8. The lowest BCUT2D eigenvalue weighted by Crippen LogP contribution is -2.65. The number of ether oxygens (including phenoxy) is 2. The van der Waals surface area contributed by atoms with E-state index in [2.05, 4.69) is 54.5 Å². The summed E-state index contributed by atoms with van der Waals surface area (Å²) in [6.07, 6.45) is 1.80. The Bertz CT molecular complexity index is 1420. The minimum absolute atomic E-state index is 0.0115. The van der Waals surface area contributed by atoms with Gasteiger partial charge in [-0.3, -0.25) is 8.98 Å². The minimum Gasteiger partial charge on any atom is -0.726 e. The van der Waals surface area contributed by atoms with Gasteiger partial charge < -0.3 is 34.5 Å². The average Bonchev–Trinajstić information content (AvgIpc) is 2.98. The standard InChI is InChI=1S/C36H58O11S/c1-31(2)14-16-36(30(41)46-29-28(40)27(39)26(38)22(19-37)45-29)17-15-34(6)20(21(36)18-31)8-9-24-33(5)12-11-25(47-48(42,43)44)32(3,4)23(33)10-13-35(24,34)7/h8,21-29,37-40H,9-19H2,1-7H3,(H,42,43,44)/p-1/t21-,22+,23-,24+,25-,26+,27-,28+,29-,33-,34+,35+,36-/m0/s1. The molecule has 5 aliphatic carbocycles. The molecule has 0 aromatic heterocycles. The van der Waals surface area contributed by atoms with E-state index >= 15 is 0 Å². The highest BCUT2D eigenvalue weighted by atomic mass is 32.3. The van der Waals surface area contributed by atoms with Crippen LogP contribution in [0.2, 0.25) is 0 Å². The van der Waals surface area contributed by atoms with E-state index in [0.29, 0.717) is 25.2 Å². The Morgan fingerprint density at radius 1 is 0.917 bits per heavy atom. The zero-order chi connectivity index (χ0) is 35.5. The van der Waals surface area contributed by atoms with E-state index < -0.39 is 70.6 Å². The molecule has 13 atom stereocenters. The first-order valence-electron chi connectivity index (χ1n) is 17.9. The van der Waals surface area contributed by atoms with Crippen molar-refractivity contribution in [2.75, 3.05) is 6.61 Å². The molecule has 11 nitrogen and oxygen atoms in total. The van der Waals surface area contributed by atoms with Crippen molar-refractivity contribution in [1.29, 1.82) is 0 Å². The van der Waals surface area contributed by atoms with Crippen LogP contribution in [0.25, 0.3) is 0 Å². The molecule has 274 valence electrons. The van der Waals surface area contributed by atoms with Gasteiger partial charge in [-0.05, 0) is 109 Å². The molecule has 48 heavy (non-hydrogen) atoms. The van der Waals surface area contributed by atoms with Gasteiger partial charge in [-0.1, -0.05) is 60.1 Å². The fourth-order valence-electron chi connectivity index (χ4n) is 12.3. The van der Waals surface area contributed by atoms with Crippen LogP contribution in [0.1, 0.15) is 113 Å². The fraction of sp³-hybridized carbons (Fsp3) is 0.917. The lowest BCUT2D eigenvalue weighted by Gasteiger charge is -2.71. The quantitative estimate of drug-likeness (QED) is 0.141. The van der Waals surface area contributed by atoms with Crippen LogP contribution >= 0.6 is 0 Å². The molecular formula is C36H57O11S-. The molecule has 6 rings (SSSR count). The van der Waals surface area contributed by atoms with E-state index in [1.807, 2.05) is 0 Å². The molecule has 0 spiro atoms. The van der Waals surface area contributed by atoms with Crippen molar-refractivity contribution in [3.05, 3.63) is 11.6 Å². The number of carbonyl (C=O) groups is 1. The van der Waals surface area contributed by atoms with Crippen LogP contribution in [-0.2, 0) is 28.9 Å². The Labute approximate surface area is 285 Å². The number of aliphatic hydroxyl groups is 4. The van der Waals surface area contributed by atoms with Crippen LogP contribution in [0.15, 0.2) is 11.6 Å². The van der Waals surface area contributed by atoms with Crippen LogP contribution in [0, 0.1) is 50.2 Å². The molecule has 5 fully saturated rings. The van der Waals surface area contributed by atoms with Crippen molar-refractivity contribution in [2.24, 2.45) is 50.2 Å². The number of esters is 1. The van der Waals surface area contributed by atoms with Gasteiger partial charge in [-0.2, -0.15) is 0 Å². The maximum atomic E-state index is 14.4. The lowest BCUT2D eigenvalue weighted by atomic mass is 9.33. The largest absolute Gasteiger partial charge is 0.726 e. The zero-order valence-corrected chi connectivity index (χ0v) is 30.4. The summed E-state index contributed by atoms with van der Waals surface area (Å²) in [6, 6.07) is 0. The van der Waals surface area contributed by atoms with Gasteiger partial charge in [0.15, 0.2) is 0 Å².